The van der Waals surface area contributed by atoms with Gasteiger partial charge in [-0.1, -0.05) is 0 Å². The summed E-state index contributed by atoms with van der Waals surface area (Å²) in [5, 5.41) is 17.1. The molecule has 1 amide bonds. The SMILES string of the molecule is CC1(O)CCN(C(=O)c2cc3c(cn2)c(Nc2ccc(F)cn2)nn3CC(F)(F)F)CC1. The van der Waals surface area contributed by atoms with Gasteiger partial charge in [0.15, 0.2) is 5.82 Å². The normalized spacial score (nSPS) is 16.4. The minimum Gasteiger partial charge on any atom is -0.390 e. The van der Waals surface area contributed by atoms with E-state index in [0.29, 0.717) is 25.9 Å². The molecule has 0 aromatic carbocycles. The molecule has 1 aliphatic heterocycles. The Hall–Kier alpha value is -3.28. The third-order valence-electron chi connectivity index (χ3n) is 5.29. The number of hydrogen-bond donors (Lipinski definition) is 2. The number of nitrogens with zero attached hydrogens (tertiary/aromatic N) is 5. The van der Waals surface area contributed by atoms with Crippen molar-refractivity contribution in [3.63, 3.8) is 0 Å². The van der Waals surface area contributed by atoms with Gasteiger partial charge >= 0.3 is 6.18 Å². The van der Waals surface area contributed by atoms with Crippen molar-refractivity contribution in [1.29, 1.82) is 0 Å². The fourth-order valence-corrected chi connectivity index (χ4v) is 3.49. The molecular weight excluding hydrogens is 432 g/mol. The molecule has 12 heteroatoms. The summed E-state index contributed by atoms with van der Waals surface area (Å²) in [6, 6.07) is 3.74. The minimum atomic E-state index is -4.55. The molecule has 1 aliphatic rings. The number of carbonyl (C=O) groups excluding carboxylic acids is 1. The van der Waals surface area contributed by atoms with E-state index in [1.807, 2.05) is 0 Å². The van der Waals surface area contributed by atoms with Crippen molar-refractivity contribution < 1.29 is 27.5 Å². The summed E-state index contributed by atoms with van der Waals surface area (Å²) in [5.41, 5.74) is -0.808. The predicted octanol–water partition coefficient (Wildman–Crippen LogP) is 3.26. The van der Waals surface area contributed by atoms with Crippen molar-refractivity contribution >= 4 is 28.4 Å². The molecule has 4 rings (SSSR count). The Morgan fingerprint density at radius 1 is 1.22 bits per heavy atom. The minimum absolute atomic E-state index is 0.0196. The summed E-state index contributed by atoms with van der Waals surface area (Å²) in [5.74, 6) is -0.765. The smallest absolute Gasteiger partial charge is 0.390 e. The Morgan fingerprint density at radius 3 is 2.56 bits per heavy atom. The first-order chi connectivity index (χ1) is 15.0. The van der Waals surface area contributed by atoms with Crippen LogP contribution in [0.5, 0.6) is 0 Å². The van der Waals surface area contributed by atoms with Crippen molar-refractivity contribution in [2.24, 2.45) is 0 Å². The van der Waals surface area contributed by atoms with E-state index in [0.717, 1.165) is 16.9 Å². The van der Waals surface area contributed by atoms with Crippen molar-refractivity contribution in [1.82, 2.24) is 24.6 Å². The van der Waals surface area contributed by atoms with Crippen LogP contribution in [0.3, 0.4) is 0 Å². The maximum Gasteiger partial charge on any atom is 0.408 e. The summed E-state index contributed by atoms with van der Waals surface area (Å²) in [7, 11) is 0. The number of halogens is 4. The Bertz CT molecular complexity index is 1130. The highest BCUT2D eigenvalue weighted by atomic mass is 19.4. The third-order valence-corrected chi connectivity index (χ3v) is 5.29. The van der Waals surface area contributed by atoms with Gasteiger partial charge in [0.05, 0.1) is 22.7 Å². The Morgan fingerprint density at radius 2 is 1.94 bits per heavy atom. The number of aliphatic hydroxyl groups is 1. The number of carbonyl (C=O) groups is 1. The number of nitrogens with one attached hydrogen (secondary N) is 1. The van der Waals surface area contributed by atoms with E-state index in [1.165, 1.54) is 23.2 Å². The third kappa shape index (κ3) is 4.79. The van der Waals surface area contributed by atoms with Crippen molar-refractivity contribution in [2.75, 3.05) is 18.4 Å². The summed E-state index contributed by atoms with van der Waals surface area (Å²) >= 11 is 0. The molecule has 4 heterocycles. The standard InChI is InChI=1S/C20H20F4N6O2/c1-19(32)4-6-29(7-5-19)18(31)14-8-15-13(10-25-14)17(28-30(15)11-20(22,23)24)27-16-3-2-12(21)9-26-16/h2-3,8-10,32H,4-7,11H2,1H3,(H,26,27,28). The topological polar surface area (TPSA) is 96.2 Å². The molecule has 0 unspecified atom stereocenters. The van der Waals surface area contributed by atoms with Gasteiger partial charge in [0, 0.05) is 19.3 Å². The van der Waals surface area contributed by atoms with Crippen LogP contribution in [0, 0.1) is 5.82 Å². The Labute approximate surface area is 179 Å². The summed E-state index contributed by atoms with van der Waals surface area (Å²) in [6.45, 7) is 0.957. The second-order valence-electron chi connectivity index (χ2n) is 7.98. The van der Waals surface area contributed by atoms with E-state index in [-0.39, 0.29) is 28.2 Å². The van der Waals surface area contributed by atoms with Gasteiger partial charge in [-0.25, -0.2) is 9.37 Å². The predicted molar refractivity (Wildman–Crippen MR) is 107 cm³/mol. The average Bonchev–Trinajstić information content (AvgIpc) is 3.04. The number of piperidine rings is 1. The zero-order valence-corrected chi connectivity index (χ0v) is 17.0. The van der Waals surface area contributed by atoms with E-state index >= 15 is 0 Å². The maximum atomic E-state index is 13.1. The van der Waals surface area contributed by atoms with Crippen LogP contribution in [0.4, 0.5) is 29.2 Å². The molecule has 0 atom stereocenters. The van der Waals surface area contributed by atoms with Crippen LogP contribution in [0.25, 0.3) is 10.9 Å². The number of pyridine rings is 2. The number of likely N-dealkylation sites (tertiary alicyclic amines) is 1. The van der Waals surface area contributed by atoms with Crippen LogP contribution in [0.1, 0.15) is 30.3 Å². The molecule has 0 spiro atoms. The van der Waals surface area contributed by atoms with Gasteiger partial charge in [0.1, 0.15) is 23.9 Å². The Kier molecular flexibility index (Phi) is 5.49. The highest BCUT2D eigenvalue weighted by molar-refractivity contribution is 5.98. The van der Waals surface area contributed by atoms with Gasteiger partial charge in [-0.2, -0.15) is 18.3 Å². The summed E-state index contributed by atoms with van der Waals surface area (Å²) in [4.78, 5) is 22.3. The zero-order chi connectivity index (χ0) is 23.1. The summed E-state index contributed by atoms with van der Waals surface area (Å²) < 4.78 is 53.2. The van der Waals surface area contributed by atoms with Gasteiger partial charge in [-0.05, 0) is 38.0 Å². The molecule has 1 fully saturated rings. The number of amides is 1. The molecule has 0 radical (unpaired) electrons. The number of fused-ring (bicyclic) bond motifs is 1. The van der Waals surface area contributed by atoms with Gasteiger partial charge in [-0.3, -0.25) is 14.5 Å². The lowest BCUT2D eigenvalue weighted by Gasteiger charge is -2.35. The van der Waals surface area contributed by atoms with E-state index in [2.05, 4.69) is 20.4 Å². The van der Waals surface area contributed by atoms with Crippen molar-refractivity contribution in [2.45, 2.75) is 38.1 Å². The molecule has 3 aromatic heterocycles. The largest absolute Gasteiger partial charge is 0.408 e. The first kappa shape index (κ1) is 21.9. The number of hydrogen-bond acceptors (Lipinski definition) is 6. The second kappa shape index (κ2) is 8.01. The molecular formula is C20H20F4N6O2. The van der Waals surface area contributed by atoms with Crippen LogP contribution in [0.15, 0.2) is 30.6 Å². The van der Waals surface area contributed by atoms with Crippen LogP contribution in [0.2, 0.25) is 0 Å². The molecule has 1 saturated heterocycles. The molecule has 32 heavy (non-hydrogen) atoms. The quantitative estimate of drug-likeness (QED) is 0.590. The van der Waals surface area contributed by atoms with E-state index < -0.39 is 30.0 Å². The van der Waals surface area contributed by atoms with Gasteiger partial charge in [-0.15, -0.1) is 0 Å². The van der Waals surface area contributed by atoms with E-state index in [9.17, 15) is 27.5 Å². The molecule has 0 saturated carbocycles. The molecule has 3 aromatic rings. The number of alkyl halides is 3. The van der Waals surface area contributed by atoms with Gasteiger partial charge in [0.25, 0.3) is 5.91 Å². The second-order valence-corrected chi connectivity index (χ2v) is 7.98. The van der Waals surface area contributed by atoms with Crippen LogP contribution < -0.4 is 5.32 Å². The van der Waals surface area contributed by atoms with E-state index in [1.54, 1.807) is 6.92 Å². The van der Waals surface area contributed by atoms with Crippen LogP contribution >= 0.6 is 0 Å². The lowest BCUT2D eigenvalue weighted by atomic mass is 9.94. The highest BCUT2D eigenvalue weighted by Crippen LogP contribution is 2.29. The molecule has 8 nitrogen and oxygen atoms in total. The maximum absolute atomic E-state index is 13.1. The van der Waals surface area contributed by atoms with Crippen molar-refractivity contribution in [3.05, 3.63) is 42.1 Å². The molecule has 2 N–H and O–H groups in total. The number of aromatic nitrogens is 4. The fraction of sp³-hybridized carbons (Fsp3) is 0.400. The van der Waals surface area contributed by atoms with Crippen molar-refractivity contribution in [3.8, 4) is 0 Å². The zero-order valence-electron chi connectivity index (χ0n) is 17.0. The lowest BCUT2D eigenvalue weighted by Crippen LogP contribution is -2.45. The monoisotopic (exact) mass is 452 g/mol. The van der Waals surface area contributed by atoms with Gasteiger partial charge < -0.3 is 15.3 Å². The highest BCUT2D eigenvalue weighted by Gasteiger charge is 2.32. The number of anilines is 2. The Balaban J connectivity index is 1.68. The first-order valence-corrected chi connectivity index (χ1v) is 9.84. The molecule has 0 bridgehead atoms. The lowest BCUT2D eigenvalue weighted by molar-refractivity contribution is -0.141. The van der Waals surface area contributed by atoms with Crippen LogP contribution in [-0.2, 0) is 6.54 Å². The number of rotatable bonds is 4. The summed E-state index contributed by atoms with van der Waals surface area (Å²) in [6.07, 6.45) is -1.52. The molecule has 0 aliphatic carbocycles. The first-order valence-electron chi connectivity index (χ1n) is 9.84. The molecule has 170 valence electrons. The van der Waals surface area contributed by atoms with E-state index in [4.69, 9.17) is 0 Å². The van der Waals surface area contributed by atoms with Gasteiger partial charge in [0.2, 0.25) is 0 Å². The fourth-order valence-electron chi connectivity index (χ4n) is 3.49. The van der Waals surface area contributed by atoms with Crippen LogP contribution in [-0.4, -0.2) is 60.5 Å². The average molecular weight is 452 g/mol.